The van der Waals surface area contributed by atoms with E-state index in [1.165, 1.54) is 4.90 Å². The fourth-order valence-corrected chi connectivity index (χ4v) is 7.44. The van der Waals surface area contributed by atoms with Crippen molar-refractivity contribution in [1.29, 1.82) is 10.5 Å². The molecule has 0 fully saturated rings. The first-order valence-electron chi connectivity index (χ1n) is 16.8. The summed E-state index contributed by atoms with van der Waals surface area (Å²) in [6.45, 7) is 0. The molecule has 1 aromatic heterocycles. The largest absolute Gasteiger partial charge is 0.308 e. The molecule has 0 N–H and O–H groups in total. The number of benzene rings is 7. The fraction of sp³-hybridized carbons (Fsp3) is 0. The highest BCUT2D eigenvalue weighted by Crippen LogP contribution is 2.42. The Labute approximate surface area is 299 Å². The zero-order chi connectivity index (χ0) is 35.3. The minimum Gasteiger partial charge on any atom is -0.308 e. The quantitative estimate of drug-likeness (QED) is 0.171. The van der Waals surface area contributed by atoms with Gasteiger partial charge in [0.2, 0.25) is 0 Å². The summed E-state index contributed by atoms with van der Waals surface area (Å²) >= 11 is 0. The Morgan fingerprint density at radius 1 is 0.462 bits per heavy atom. The highest BCUT2D eigenvalue weighted by Gasteiger charge is 2.40. The number of carbonyl (C=O) groups is 2. The third-order valence-corrected chi connectivity index (χ3v) is 9.72. The van der Waals surface area contributed by atoms with Gasteiger partial charge in [-0.05, 0) is 82.4 Å². The minimum atomic E-state index is -0.415. The highest BCUT2D eigenvalue weighted by atomic mass is 16.2. The molecule has 6 nitrogen and oxygen atoms in total. The molecule has 0 saturated carbocycles. The third-order valence-electron chi connectivity index (χ3n) is 9.72. The van der Waals surface area contributed by atoms with Crippen molar-refractivity contribution in [3.05, 3.63) is 180 Å². The van der Waals surface area contributed by atoms with Crippen LogP contribution in [0.1, 0.15) is 31.8 Å². The van der Waals surface area contributed by atoms with Crippen LogP contribution in [0, 0.1) is 22.7 Å². The maximum absolute atomic E-state index is 14.8. The molecule has 1 aliphatic rings. The molecule has 0 radical (unpaired) electrons. The van der Waals surface area contributed by atoms with Crippen LogP contribution in [-0.2, 0) is 0 Å². The van der Waals surface area contributed by atoms with Crippen LogP contribution in [0.25, 0.3) is 60.9 Å². The lowest BCUT2D eigenvalue weighted by atomic mass is 9.97. The zero-order valence-corrected chi connectivity index (χ0v) is 27.6. The fourth-order valence-electron chi connectivity index (χ4n) is 7.44. The Kier molecular flexibility index (Phi) is 7.10. The predicted molar refractivity (Wildman–Crippen MR) is 204 cm³/mol. The molecule has 0 saturated heterocycles. The Morgan fingerprint density at radius 2 is 1.04 bits per heavy atom. The number of aromatic nitrogens is 1. The molecule has 2 heterocycles. The van der Waals surface area contributed by atoms with Crippen molar-refractivity contribution < 1.29 is 9.59 Å². The second-order valence-electron chi connectivity index (χ2n) is 12.7. The average Bonchev–Trinajstić information content (AvgIpc) is 3.68. The number of fused-ring (bicyclic) bond motifs is 4. The lowest BCUT2D eigenvalue weighted by Crippen LogP contribution is -2.29. The summed E-state index contributed by atoms with van der Waals surface area (Å²) in [4.78, 5) is 30.5. The second kappa shape index (κ2) is 12.1. The zero-order valence-electron chi connectivity index (χ0n) is 27.6. The molecule has 0 unspecified atom stereocenters. The monoisotopic (exact) mass is 666 g/mol. The van der Waals surface area contributed by atoms with Crippen LogP contribution in [0.2, 0.25) is 0 Å². The van der Waals surface area contributed by atoms with Crippen LogP contribution < -0.4 is 4.90 Å². The molecule has 9 rings (SSSR count). The van der Waals surface area contributed by atoms with Crippen molar-refractivity contribution in [1.82, 2.24) is 4.57 Å². The summed E-state index contributed by atoms with van der Waals surface area (Å²) in [6.07, 6.45) is 0. The number of rotatable bonds is 5. The van der Waals surface area contributed by atoms with Gasteiger partial charge < -0.3 is 4.57 Å². The number of para-hydroxylation sites is 2. The van der Waals surface area contributed by atoms with Crippen molar-refractivity contribution >= 4 is 39.3 Å². The molecule has 8 aromatic rings. The van der Waals surface area contributed by atoms with Gasteiger partial charge in [0.25, 0.3) is 11.8 Å². The lowest BCUT2D eigenvalue weighted by molar-refractivity contribution is 0.0926. The molecule has 52 heavy (non-hydrogen) atoms. The average molecular weight is 667 g/mol. The normalized spacial score (nSPS) is 12.2. The highest BCUT2D eigenvalue weighted by molar-refractivity contribution is 6.36. The van der Waals surface area contributed by atoms with Crippen molar-refractivity contribution in [2.45, 2.75) is 0 Å². The van der Waals surface area contributed by atoms with E-state index in [1.807, 2.05) is 132 Å². The van der Waals surface area contributed by atoms with Gasteiger partial charge in [-0.2, -0.15) is 10.5 Å². The molecule has 0 spiro atoms. The first kappa shape index (κ1) is 30.5. The summed E-state index contributed by atoms with van der Waals surface area (Å²) in [5.41, 5.74) is 9.27. The predicted octanol–water partition coefficient (Wildman–Crippen LogP) is 10.3. The second-order valence-corrected chi connectivity index (χ2v) is 12.7. The van der Waals surface area contributed by atoms with Gasteiger partial charge in [0.15, 0.2) is 0 Å². The van der Waals surface area contributed by atoms with E-state index < -0.39 is 11.8 Å². The number of amides is 2. The van der Waals surface area contributed by atoms with Gasteiger partial charge in [-0.25, -0.2) is 4.90 Å². The number of nitrogens with zero attached hydrogens (tertiary/aromatic N) is 4. The maximum Gasteiger partial charge on any atom is 0.268 e. The lowest BCUT2D eigenvalue weighted by Gasteiger charge is -2.18. The number of imide groups is 1. The van der Waals surface area contributed by atoms with E-state index in [4.69, 9.17) is 0 Å². The summed E-state index contributed by atoms with van der Waals surface area (Å²) in [6, 6.07) is 54.5. The Bertz CT molecular complexity index is 2770. The van der Waals surface area contributed by atoms with Gasteiger partial charge in [-0.1, -0.05) is 103 Å². The molecule has 0 bridgehead atoms. The molecule has 1 aliphatic heterocycles. The van der Waals surface area contributed by atoms with Gasteiger partial charge in [0, 0.05) is 16.3 Å². The van der Waals surface area contributed by atoms with Crippen LogP contribution >= 0.6 is 0 Å². The van der Waals surface area contributed by atoms with E-state index in [9.17, 15) is 20.1 Å². The summed E-state index contributed by atoms with van der Waals surface area (Å²) in [5.74, 6) is -0.811. The van der Waals surface area contributed by atoms with Crippen molar-refractivity contribution in [3.8, 4) is 51.2 Å². The Morgan fingerprint density at radius 3 is 1.69 bits per heavy atom. The number of nitriles is 2. The first-order chi connectivity index (χ1) is 25.5. The van der Waals surface area contributed by atoms with E-state index in [-0.39, 0.29) is 0 Å². The molecular formula is C46H26N4O2. The molecule has 7 aromatic carbocycles. The standard InChI is InChI=1S/C46H26N4O2/c47-27-29-21-30(28-48)23-35(22-29)37-16-9-17-39-38-15-7-8-19-41(38)50(44(37)39)42-20-10-18-40-43(42)46(52)49(45(40)51)36-25-33(31-11-3-1-4-12-31)24-34(26-36)32-13-5-2-6-14-32/h1-26H. The number of anilines is 1. The van der Waals surface area contributed by atoms with Crippen LogP contribution in [-0.4, -0.2) is 16.4 Å². The van der Waals surface area contributed by atoms with E-state index in [1.54, 1.807) is 24.3 Å². The topological polar surface area (TPSA) is 89.9 Å². The number of hydrogen-bond donors (Lipinski definition) is 0. The minimum absolute atomic E-state index is 0.305. The first-order valence-corrected chi connectivity index (χ1v) is 16.8. The summed E-state index contributed by atoms with van der Waals surface area (Å²) in [7, 11) is 0. The van der Waals surface area contributed by atoms with Crippen molar-refractivity contribution in [2.75, 3.05) is 4.90 Å². The Hall–Kier alpha value is -7.54. The van der Waals surface area contributed by atoms with Gasteiger partial charge in [0.1, 0.15) is 0 Å². The van der Waals surface area contributed by atoms with Gasteiger partial charge >= 0.3 is 0 Å². The molecule has 0 aliphatic carbocycles. The van der Waals surface area contributed by atoms with E-state index >= 15 is 0 Å². The van der Waals surface area contributed by atoms with E-state index in [2.05, 4.69) is 18.2 Å². The molecule has 6 heteroatoms. The molecule has 242 valence electrons. The molecule has 2 amide bonds. The number of hydrogen-bond acceptors (Lipinski definition) is 4. The van der Waals surface area contributed by atoms with Gasteiger partial charge in [0.05, 0.1) is 56.8 Å². The van der Waals surface area contributed by atoms with Crippen LogP contribution in [0.5, 0.6) is 0 Å². The van der Waals surface area contributed by atoms with E-state index in [0.717, 1.165) is 49.6 Å². The van der Waals surface area contributed by atoms with Crippen molar-refractivity contribution in [3.63, 3.8) is 0 Å². The summed E-state index contributed by atoms with van der Waals surface area (Å²) in [5, 5.41) is 21.5. The smallest absolute Gasteiger partial charge is 0.268 e. The van der Waals surface area contributed by atoms with Crippen LogP contribution in [0.4, 0.5) is 5.69 Å². The molecular weight excluding hydrogens is 641 g/mol. The molecule has 0 atom stereocenters. The van der Waals surface area contributed by atoms with Gasteiger partial charge in [-0.15, -0.1) is 0 Å². The maximum atomic E-state index is 14.8. The Balaban J connectivity index is 1.27. The van der Waals surface area contributed by atoms with Crippen LogP contribution in [0.15, 0.2) is 158 Å². The van der Waals surface area contributed by atoms with E-state index in [0.29, 0.717) is 39.2 Å². The van der Waals surface area contributed by atoms with Crippen molar-refractivity contribution in [2.24, 2.45) is 0 Å². The van der Waals surface area contributed by atoms with Crippen LogP contribution in [0.3, 0.4) is 0 Å². The SMILES string of the molecule is N#Cc1cc(C#N)cc(-c2cccc3c4ccccc4n(-c4cccc5c4C(=O)N(c4cc(-c6ccccc6)cc(-c6ccccc6)c4)C5=O)c23)c1. The number of carbonyl (C=O) groups excluding carboxylic acids is 2. The summed E-state index contributed by atoms with van der Waals surface area (Å²) < 4.78 is 2.04. The van der Waals surface area contributed by atoms with Gasteiger partial charge in [-0.3, -0.25) is 9.59 Å². The third kappa shape index (κ3) is 4.79.